The smallest absolute Gasteiger partial charge is 0.255 e. The minimum Gasteiger partial charge on any atom is -0.369 e. The lowest BCUT2D eigenvalue weighted by Gasteiger charge is -2.26. The summed E-state index contributed by atoms with van der Waals surface area (Å²) in [5.41, 5.74) is 8.62. The lowest BCUT2D eigenvalue weighted by molar-refractivity contribution is -0.123. The molecule has 1 aromatic heterocycles. The monoisotopic (exact) mass is 339 g/mol. The van der Waals surface area contributed by atoms with Gasteiger partial charge < -0.3 is 15.2 Å². The van der Waals surface area contributed by atoms with Gasteiger partial charge in [0.1, 0.15) is 0 Å². The zero-order valence-corrected chi connectivity index (χ0v) is 15.1. The predicted octanol–water partition coefficient (Wildman–Crippen LogP) is 2.39. The highest BCUT2D eigenvalue weighted by molar-refractivity contribution is 5.97. The van der Waals surface area contributed by atoms with E-state index in [0.29, 0.717) is 25.1 Å². The molecule has 2 N–H and O–H groups in total. The zero-order valence-electron chi connectivity index (χ0n) is 15.1. The molecular weight excluding hydrogens is 314 g/mol. The maximum absolute atomic E-state index is 13.1. The molecule has 5 nitrogen and oxygen atoms in total. The molecule has 25 heavy (non-hydrogen) atoms. The molecule has 3 rings (SSSR count). The molecule has 0 saturated carbocycles. The van der Waals surface area contributed by atoms with Crippen molar-refractivity contribution in [3.8, 4) is 0 Å². The highest BCUT2D eigenvalue weighted by atomic mass is 16.2. The van der Waals surface area contributed by atoms with Gasteiger partial charge in [0.25, 0.3) is 5.91 Å². The van der Waals surface area contributed by atoms with Crippen LogP contribution in [0, 0.1) is 13.8 Å². The zero-order chi connectivity index (χ0) is 18.2. The van der Waals surface area contributed by atoms with Gasteiger partial charge in [-0.15, -0.1) is 0 Å². The van der Waals surface area contributed by atoms with Crippen molar-refractivity contribution in [1.29, 1.82) is 0 Å². The Morgan fingerprint density at radius 1 is 1.20 bits per heavy atom. The van der Waals surface area contributed by atoms with Crippen molar-refractivity contribution in [2.45, 2.75) is 39.2 Å². The fraction of sp³-hybridized carbons (Fsp3) is 0.400. The molecule has 5 heteroatoms. The molecule has 132 valence electrons. The molecule has 1 aliphatic rings. The Balaban J connectivity index is 1.91. The van der Waals surface area contributed by atoms with E-state index in [1.54, 1.807) is 4.90 Å². The molecular formula is C20H25N3O2. The van der Waals surface area contributed by atoms with Crippen molar-refractivity contribution in [1.82, 2.24) is 9.47 Å². The molecule has 1 atom stereocenters. The van der Waals surface area contributed by atoms with Crippen molar-refractivity contribution in [3.63, 3.8) is 0 Å². The lowest BCUT2D eigenvalue weighted by Crippen LogP contribution is -2.44. The fourth-order valence-corrected chi connectivity index (χ4v) is 3.99. The Hall–Kier alpha value is -2.56. The number of carbonyl (C=O) groups excluding carboxylic acids is 2. The summed E-state index contributed by atoms with van der Waals surface area (Å²) in [6.07, 6.45) is 0.560. The van der Waals surface area contributed by atoms with Gasteiger partial charge in [0, 0.05) is 31.0 Å². The Bertz CT molecular complexity index is 810. The van der Waals surface area contributed by atoms with Crippen LogP contribution in [-0.2, 0) is 16.8 Å². The molecule has 0 spiro atoms. The summed E-state index contributed by atoms with van der Waals surface area (Å²) >= 11 is 0. The first-order chi connectivity index (χ1) is 11.9. The van der Waals surface area contributed by atoms with Crippen LogP contribution in [0.15, 0.2) is 36.4 Å². The number of likely N-dealkylation sites (tertiary alicyclic amines) is 1. The van der Waals surface area contributed by atoms with E-state index in [2.05, 4.69) is 11.5 Å². The summed E-state index contributed by atoms with van der Waals surface area (Å²) in [5, 5.41) is 0. The molecule has 1 fully saturated rings. The van der Waals surface area contributed by atoms with Crippen LogP contribution in [0.4, 0.5) is 0 Å². The summed E-state index contributed by atoms with van der Waals surface area (Å²) in [6, 6.07) is 11.5. The van der Waals surface area contributed by atoms with Gasteiger partial charge in [-0.2, -0.15) is 0 Å². The van der Waals surface area contributed by atoms with Crippen molar-refractivity contribution in [3.05, 3.63) is 58.9 Å². The SMILES string of the molecule is CCn1c(C)cc(C(=O)N2CC[C@](C(N)=O)(c3ccccc3)C2)c1C. The van der Waals surface area contributed by atoms with Crippen LogP contribution in [-0.4, -0.2) is 34.4 Å². The van der Waals surface area contributed by atoms with Gasteiger partial charge in [-0.1, -0.05) is 30.3 Å². The second-order valence-electron chi connectivity index (χ2n) is 6.82. The summed E-state index contributed by atoms with van der Waals surface area (Å²) in [6.45, 7) is 7.75. The number of primary amides is 1. The van der Waals surface area contributed by atoms with Crippen molar-refractivity contribution >= 4 is 11.8 Å². The highest BCUT2D eigenvalue weighted by Crippen LogP contribution is 2.35. The normalized spacial score (nSPS) is 20.0. The van der Waals surface area contributed by atoms with Crippen LogP contribution in [0.2, 0.25) is 0 Å². The molecule has 0 aliphatic carbocycles. The third kappa shape index (κ3) is 2.73. The van der Waals surface area contributed by atoms with E-state index in [-0.39, 0.29) is 11.8 Å². The minimum atomic E-state index is -0.798. The van der Waals surface area contributed by atoms with Crippen molar-refractivity contribution in [2.24, 2.45) is 5.73 Å². The lowest BCUT2D eigenvalue weighted by atomic mass is 9.79. The first-order valence-electron chi connectivity index (χ1n) is 8.72. The number of hydrogen-bond donors (Lipinski definition) is 1. The number of hydrogen-bond acceptors (Lipinski definition) is 2. The molecule has 1 aromatic carbocycles. The van der Waals surface area contributed by atoms with E-state index in [1.807, 2.05) is 50.2 Å². The Kier molecular flexibility index (Phi) is 4.41. The quantitative estimate of drug-likeness (QED) is 0.929. The van der Waals surface area contributed by atoms with Crippen molar-refractivity contribution < 1.29 is 9.59 Å². The van der Waals surface area contributed by atoms with Gasteiger partial charge in [0.05, 0.1) is 11.0 Å². The van der Waals surface area contributed by atoms with E-state index in [9.17, 15) is 9.59 Å². The number of benzene rings is 1. The van der Waals surface area contributed by atoms with Crippen molar-refractivity contribution in [2.75, 3.05) is 13.1 Å². The number of carbonyl (C=O) groups is 2. The molecule has 1 aliphatic heterocycles. The topological polar surface area (TPSA) is 68.3 Å². The largest absolute Gasteiger partial charge is 0.369 e. The van der Waals surface area contributed by atoms with Gasteiger partial charge in [0.2, 0.25) is 5.91 Å². The molecule has 2 amide bonds. The number of aromatic nitrogens is 1. The van der Waals surface area contributed by atoms with Gasteiger partial charge >= 0.3 is 0 Å². The third-order valence-electron chi connectivity index (χ3n) is 5.47. The molecule has 1 saturated heterocycles. The van der Waals surface area contributed by atoms with E-state index in [0.717, 1.165) is 23.5 Å². The summed E-state index contributed by atoms with van der Waals surface area (Å²) in [4.78, 5) is 27.1. The van der Waals surface area contributed by atoms with Crippen LogP contribution >= 0.6 is 0 Å². The predicted molar refractivity (Wildman–Crippen MR) is 97.4 cm³/mol. The number of amides is 2. The number of nitrogens with two attached hydrogens (primary N) is 1. The maximum Gasteiger partial charge on any atom is 0.255 e. The Morgan fingerprint density at radius 2 is 1.88 bits per heavy atom. The van der Waals surface area contributed by atoms with Crippen LogP contribution in [0.5, 0.6) is 0 Å². The molecule has 0 radical (unpaired) electrons. The number of rotatable bonds is 4. The maximum atomic E-state index is 13.1. The first kappa shape index (κ1) is 17.3. The van der Waals surface area contributed by atoms with Gasteiger partial charge in [-0.05, 0) is 38.8 Å². The van der Waals surface area contributed by atoms with Gasteiger partial charge in [0.15, 0.2) is 0 Å². The van der Waals surface area contributed by atoms with E-state index >= 15 is 0 Å². The average molecular weight is 339 g/mol. The van der Waals surface area contributed by atoms with E-state index < -0.39 is 5.41 Å². The number of aryl methyl sites for hydroxylation is 1. The van der Waals surface area contributed by atoms with E-state index in [1.165, 1.54) is 0 Å². The molecule has 0 unspecified atom stereocenters. The van der Waals surface area contributed by atoms with Gasteiger partial charge in [-0.25, -0.2) is 0 Å². The highest BCUT2D eigenvalue weighted by Gasteiger charge is 2.46. The second-order valence-corrected chi connectivity index (χ2v) is 6.82. The van der Waals surface area contributed by atoms with Crippen LogP contribution < -0.4 is 5.73 Å². The van der Waals surface area contributed by atoms with E-state index in [4.69, 9.17) is 5.73 Å². The fourth-order valence-electron chi connectivity index (χ4n) is 3.99. The summed E-state index contributed by atoms with van der Waals surface area (Å²) < 4.78 is 2.13. The Morgan fingerprint density at radius 3 is 2.44 bits per heavy atom. The molecule has 2 heterocycles. The molecule has 2 aromatic rings. The van der Waals surface area contributed by atoms with Gasteiger partial charge in [-0.3, -0.25) is 9.59 Å². The first-order valence-corrected chi connectivity index (χ1v) is 8.72. The standard InChI is InChI=1S/C20H25N3O2/c1-4-23-14(2)12-17(15(23)3)18(24)22-11-10-20(13-22,19(21)25)16-8-6-5-7-9-16/h5-9,12H,4,10-11,13H2,1-3H3,(H2,21,25)/t20-/m1/s1. The van der Waals surface area contributed by atoms with Crippen LogP contribution in [0.3, 0.4) is 0 Å². The second kappa shape index (κ2) is 6.39. The van der Waals surface area contributed by atoms with Crippen LogP contribution in [0.1, 0.15) is 40.7 Å². The molecule has 0 bridgehead atoms. The van der Waals surface area contributed by atoms with Crippen LogP contribution in [0.25, 0.3) is 0 Å². The Labute approximate surface area is 148 Å². The minimum absolute atomic E-state index is 0.0214. The third-order valence-corrected chi connectivity index (χ3v) is 5.47. The summed E-state index contributed by atoms with van der Waals surface area (Å²) in [5.74, 6) is -0.389. The average Bonchev–Trinajstić information content (AvgIpc) is 3.18. The number of nitrogens with zero attached hydrogens (tertiary/aromatic N) is 2. The summed E-state index contributed by atoms with van der Waals surface area (Å²) in [7, 11) is 0.